The average Bonchev–Trinajstić information content (AvgIpc) is 3.13. The van der Waals surface area contributed by atoms with E-state index in [1.54, 1.807) is 23.1 Å². The maximum atomic E-state index is 5.54. The van der Waals surface area contributed by atoms with Crippen LogP contribution < -0.4 is 5.73 Å². The van der Waals surface area contributed by atoms with Gasteiger partial charge in [-0.05, 0) is 44.4 Å². The van der Waals surface area contributed by atoms with Crippen molar-refractivity contribution in [1.29, 1.82) is 0 Å². The zero-order chi connectivity index (χ0) is 16.9. The van der Waals surface area contributed by atoms with E-state index in [1.165, 1.54) is 16.7 Å². The number of aryl methyl sites for hydroxylation is 3. The normalized spacial score (nSPS) is 11.5. The fourth-order valence-electron chi connectivity index (χ4n) is 2.55. The Labute approximate surface area is 150 Å². The van der Waals surface area contributed by atoms with Gasteiger partial charge in [-0.25, -0.2) is 0 Å². The van der Waals surface area contributed by atoms with Gasteiger partial charge in [-0.2, -0.15) is 4.52 Å². The lowest BCUT2D eigenvalue weighted by Gasteiger charge is -2.05. The van der Waals surface area contributed by atoms with Gasteiger partial charge in [0.1, 0.15) is 0 Å². The van der Waals surface area contributed by atoms with Crippen molar-refractivity contribution in [3.8, 4) is 0 Å². The number of hydrogen-bond acceptors (Lipinski definition) is 6. The van der Waals surface area contributed by atoms with Crippen LogP contribution >= 0.6 is 23.1 Å². The molecule has 5 nitrogen and oxygen atoms in total. The maximum absolute atomic E-state index is 5.54. The largest absolute Gasteiger partial charge is 0.330 e. The molecule has 0 saturated carbocycles. The number of nitrogens with two attached hydrogens (primary N) is 1. The lowest BCUT2D eigenvalue weighted by Crippen LogP contribution is -2.00. The highest BCUT2D eigenvalue weighted by Crippen LogP contribution is 2.29. The van der Waals surface area contributed by atoms with E-state index in [4.69, 9.17) is 5.73 Å². The van der Waals surface area contributed by atoms with Crippen LogP contribution in [0.5, 0.6) is 0 Å². The van der Waals surface area contributed by atoms with Crippen LogP contribution in [0.4, 0.5) is 0 Å². The second-order valence-electron chi connectivity index (χ2n) is 6.00. The first-order valence-electron chi connectivity index (χ1n) is 8.27. The van der Waals surface area contributed by atoms with Gasteiger partial charge in [-0.3, -0.25) is 0 Å². The van der Waals surface area contributed by atoms with Crippen molar-refractivity contribution in [1.82, 2.24) is 19.8 Å². The van der Waals surface area contributed by atoms with E-state index in [0.29, 0.717) is 0 Å². The summed E-state index contributed by atoms with van der Waals surface area (Å²) in [6.45, 7) is 5.05. The first-order valence-corrected chi connectivity index (χ1v) is 10.1. The molecule has 24 heavy (non-hydrogen) atoms. The van der Waals surface area contributed by atoms with E-state index in [1.807, 2.05) is 4.52 Å². The number of rotatable bonds is 8. The molecule has 0 unspecified atom stereocenters. The number of fused-ring (bicyclic) bond motifs is 1. The van der Waals surface area contributed by atoms with Crippen molar-refractivity contribution in [2.24, 2.45) is 5.73 Å². The van der Waals surface area contributed by atoms with Crippen molar-refractivity contribution in [2.75, 3.05) is 6.54 Å². The summed E-state index contributed by atoms with van der Waals surface area (Å²) in [6, 6.07) is 6.60. The highest BCUT2D eigenvalue weighted by atomic mass is 32.2. The summed E-state index contributed by atoms with van der Waals surface area (Å²) in [6.07, 6.45) is 4.19. The zero-order valence-electron chi connectivity index (χ0n) is 14.2. The van der Waals surface area contributed by atoms with Crippen LogP contribution in [0.25, 0.3) is 4.96 Å². The molecule has 2 aromatic heterocycles. The Morgan fingerprint density at radius 2 is 2.04 bits per heavy atom. The van der Waals surface area contributed by atoms with Gasteiger partial charge in [0.2, 0.25) is 4.96 Å². The first kappa shape index (κ1) is 17.4. The van der Waals surface area contributed by atoms with Gasteiger partial charge in [-0.15, -0.1) is 15.3 Å². The monoisotopic (exact) mass is 361 g/mol. The number of benzene rings is 1. The molecule has 2 heterocycles. The van der Waals surface area contributed by atoms with Crippen molar-refractivity contribution in [3.63, 3.8) is 0 Å². The Bertz CT molecular complexity index is 809. The summed E-state index contributed by atoms with van der Waals surface area (Å²) in [5.74, 6) is 1.89. The minimum absolute atomic E-state index is 0.755. The summed E-state index contributed by atoms with van der Waals surface area (Å²) >= 11 is 3.38. The molecule has 128 valence electrons. The van der Waals surface area contributed by atoms with Crippen LogP contribution in [0.1, 0.15) is 41.8 Å². The molecule has 7 heteroatoms. The van der Waals surface area contributed by atoms with Gasteiger partial charge < -0.3 is 5.73 Å². The van der Waals surface area contributed by atoms with Gasteiger partial charge in [0.05, 0.1) is 0 Å². The zero-order valence-corrected chi connectivity index (χ0v) is 15.8. The molecule has 0 aliphatic rings. The van der Waals surface area contributed by atoms with E-state index in [9.17, 15) is 0 Å². The molecule has 2 N–H and O–H groups in total. The highest BCUT2D eigenvalue weighted by Gasteiger charge is 2.12. The predicted octanol–water partition coefficient (Wildman–Crippen LogP) is 3.77. The van der Waals surface area contributed by atoms with Crippen LogP contribution in [-0.2, 0) is 12.2 Å². The van der Waals surface area contributed by atoms with Crippen molar-refractivity contribution >= 4 is 28.1 Å². The summed E-state index contributed by atoms with van der Waals surface area (Å²) in [5, 5.41) is 13.2. The van der Waals surface area contributed by atoms with Gasteiger partial charge in [0.15, 0.2) is 10.2 Å². The quantitative estimate of drug-likeness (QED) is 0.488. The van der Waals surface area contributed by atoms with E-state index in [-0.39, 0.29) is 0 Å². The molecule has 0 bridgehead atoms. The van der Waals surface area contributed by atoms with Crippen molar-refractivity contribution in [3.05, 3.63) is 40.7 Å². The van der Waals surface area contributed by atoms with Crippen LogP contribution in [0.2, 0.25) is 0 Å². The van der Waals surface area contributed by atoms with Crippen molar-refractivity contribution in [2.45, 2.75) is 49.6 Å². The van der Waals surface area contributed by atoms with E-state index >= 15 is 0 Å². The van der Waals surface area contributed by atoms with E-state index in [0.717, 1.165) is 53.1 Å². The van der Waals surface area contributed by atoms with Gasteiger partial charge >= 0.3 is 0 Å². The SMILES string of the molecule is Cc1ccc(C)c(CSc2nn3c(CCCCCN)nnc3s2)c1. The van der Waals surface area contributed by atoms with Crippen molar-refractivity contribution < 1.29 is 0 Å². The topological polar surface area (TPSA) is 69.1 Å². The smallest absolute Gasteiger partial charge is 0.235 e. The third-order valence-electron chi connectivity index (χ3n) is 4.00. The molecule has 3 rings (SSSR count). The minimum Gasteiger partial charge on any atom is -0.330 e. The third kappa shape index (κ3) is 4.15. The summed E-state index contributed by atoms with van der Waals surface area (Å²) in [7, 11) is 0. The molecule has 0 radical (unpaired) electrons. The number of thioether (sulfide) groups is 1. The van der Waals surface area contributed by atoms with Crippen LogP contribution in [0.3, 0.4) is 0 Å². The molecule has 1 aromatic carbocycles. The number of hydrogen-bond donors (Lipinski definition) is 1. The molecule has 0 fully saturated rings. The Hall–Kier alpha value is -1.44. The second kappa shape index (κ2) is 8.09. The number of aromatic nitrogens is 4. The third-order valence-corrected chi connectivity index (χ3v) is 6.08. The number of unbranched alkanes of at least 4 members (excludes halogenated alkanes) is 2. The predicted molar refractivity (Wildman–Crippen MR) is 101 cm³/mol. The lowest BCUT2D eigenvalue weighted by molar-refractivity contribution is 0.654. The fourth-order valence-corrected chi connectivity index (χ4v) is 4.51. The standard InChI is InChI=1S/C17H23N5S2/c1-12-7-8-13(2)14(10-12)11-23-17-21-22-15(6-4-3-5-9-18)19-20-16(22)24-17/h7-8,10H,3-6,9,11,18H2,1-2H3. The number of nitrogens with zero attached hydrogens (tertiary/aromatic N) is 4. The molecular weight excluding hydrogens is 338 g/mol. The lowest BCUT2D eigenvalue weighted by atomic mass is 10.1. The van der Waals surface area contributed by atoms with Gasteiger partial charge in [-0.1, -0.05) is 53.3 Å². The van der Waals surface area contributed by atoms with Gasteiger partial charge in [0, 0.05) is 12.2 Å². The average molecular weight is 362 g/mol. The van der Waals surface area contributed by atoms with Gasteiger partial charge in [0.25, 0.3) is 0 Å². The molecule has 0 saturated heterocycles. The second-order valence-corrected chi connectivity index (χ2v) is 8.17. The molecule has 3 aromatic rings. The molecular formula is C17H23N5S2. The first-order chi connectivity index (χ1) is 11.7. The highest BCUT2D eigenvalue weighted by molar-refractivity contribution is 8.00. The minimum atomic E-state index is 0.755. The summed E-state index contributed by atoms with van der Waals surface area (Å²) in [4.78, 5) is 0.882. The van der Waals surface area contributed by atoms with Crippen LogP contribution in [0, 0.1) is 13.8 Å². The molecule has 0 aliphatic heterocycles. The Kier molecular flexibility index (Phi) is 5.86. The Morgan fingerprint density at radius 3 is 2.88 bits per heavy atom. The molecule has 0 spiro atoms. The molecule has 0 aliphatic carbocycles. The summed E-state index contributed by atoms with van der Waals surface area (Å²) < 4.78 is 2.95. The summed E-state index contributed by atoms with van der Waals surface area (Å²) in [5.41, 5.74) is 9.54. The Morgan fingerprint density at radius 1 is 1.17 bits per heavy atom. The van der Waals surface area contributed by atoms with Crippen LogP contribution in [-0.4, -0.2) is 26.4 Å². The van der Waals surface area contributed by atoms with E-state index in [2.05, 4.69) is 47.3 Å². The molecule has 0 atom stereocenters. The van der Waals surface area contributed by atoms with E-state index < -0.39 is 0 Å². The van der Waals surface area contributed by atoms with Crippen LogP contribution in [0.15, 0.2) is 22.5 Å². The fraction of sp³-hybridized carbons (Fsp3) is 0.471. The maximum Gasteiger partial charge on any atom is 0.235 e. The molecule has 0 amide bonds. The Balaban J connectivity index is 1.65.